The summed E-state index contributed by atoms with van der Waals surface area (Å²) in [6.45, 7) is 9.53. The van der Waals surface area contributed by atoms with Crippen LogP contribution < -0.4 is 10.2 Å². The Kier molecular flexibility index (Phi) is 5.35. The van der Waals surface area contributed by atoms with E-state index in [9.17, 15) is 18.0 Å². The summed E-state index contributed by atoms with van der Waals surface area (Å²) in [6, 6.07) is 7.79. The molecule has 0 bridgehead atoms. The Morgan fingerprint density at radius 2 is 1.84 bits per heavy atom. The summed E-state index contributed by atoms with van der Waals surface area (Å²) in [6.07, 6.45) is -2.89. The van der Waals surface area contributed by atoms with E-state index in [1.54, 1.807) is 4.90 Å². The van der Waals surface area contributed by atoms with Crippen molar-refractivity contribution in [2.24, 2.45) is 0 Å². The summed E-state index contributed by atoms with van der Waals surface area (Å²) in [5.74, 6) is -0.508. The molecule has 32 heavy (non-hydrogen) atoms. The minimum atomic E-state index is -2.89. The van der Waals surface area contributed by atoms with E-state index in [2.05, 4.69) is 15.5 Å². The second-order valence-corrected chi connectivity index (χ2v) is 8.92. The third-order valence-corrected chi connectivity index (χ3v) is 6.07. The summed E-state index contributed by atoms with van der Waals surface area (Å²) in [4.78, 5) is 14.9. The van der Waals surface area contributed by atoms with Crippen molar-refractivity contribution >= 4 is 28.2 Å². The lowest BCUT2D eigenvalue weighted by atomic mass is 9.85. The summed E-state index contributed by atoms with van der Waals surface area (Å²) in [5, 5.41) is 13.0. The van der Waals surface area contributed by atoms with Gasteiger partial charge in [-0.2, -0.15) is 5.10 Å². The second kappa shape index (κ2) is 7.76. The van der Waals surface area contributed by atoms with E-state index in [1.165, 1.54) is 12.1 Å². The third kappa shape index (κ3) is 3.38. The van der Waals surface area contributed by atoms with Gasteiger partial charge in [0.2, 0.25) is 5.91 Å². The molecule has 0 saturated heterocycles. The predicted molar refractivity (Wildman–Crippen MR) is 119 cm³/mol. The molecule has 1 amide bonds. The highest BCUT2D eigenvalue weighted by molar-refractivity contribution is 6.11. The molecule has 1 N–H and O–H groups in total. The summed E-state index contributed by atoms with van der Waals surface area (Å²) in [5.41, 5.74) is 1.24. The van der Waals surface area contributed by atoms with Crippen LogP contribution in [0.25, 0.3) is 10.8 Å². The lowest BCUT2D eigenvalue weighted by Crippen LogP contribution is -2.40. The van der Waals surface area contributed by atoms with Crippen molar-refractivity contribution in [2.75, 3.05) is 10.2 Å². The van der Waals surface area contributed by atoms with Gasteiger partial charge in [0.1, 0.15) is 5.82 Å². The maximum atomic E-state index is 14.5. The number of aryl methyl sites for hydroxylation is 1. The zero-order valence-electron chi connectivity index (χ0n) is 18.6. The topological polar surface area (TPSA) is 58.1 Å². The highest BCUT2D eigenvalue weighted by Crippen LogP contribution is 2.45. The first-order valence-electron chi connectivity index (χ1n) is 10.5. The number of fused-ring (bicyclic) bond motifs is 2. The molecule has 2 heterocycles. The number of carbonyl (C=O) groups is 1. The van der Waals surface area contributed by atoms with Crippen molar-refractivity contribution in [3.8, 4) is 0 Å². The van der Waals surface area contributed by atoms with Gasteiger partial charge >= 0.3 is 0 Å². The standard InChI is InChI=1S/C24H25F3N4O/c1-12(2)31-19-10-17-16(9-18(19)24(4,5)23(31)32)13(3)29-30-22(17)28-11-14-7-6-8-15(20(14)25)21(26)27/h6-10,12,21H,11H2,1-5H3,(H,28,30). The van der Waals surface area contributed by atoms with Crippen molar-refractivity contribution in [3.63, 3.8) is 0 Å². The molecular formula is C24H25F3N4O. The highest BCUT2D eigenvalue weighted by atomic mass is 19.3. The Morgan fingerprint density at radius 3 is 2.50 bits per heavy atom. The fraction of sp³-hybridized carbons (Fsp3) is 0.375. The molecule has 2 aromatic carbocycles. The SMILES string of the molecule is Cc1nnc(NCc2cccc(C(F)F)c2F)c2cc3c(cc12)C(C)(C)C(=O)N3C(C)C. The van der Waals surface area contributed by atoms with Crippen molar-refractivity contribution in [2.45, 2.75) is 59.0 Å². The number of hydrogen-bond donors (Lipinski definition) is 1. The molecule has 0 atom stereocenters. The molecule has 0 aliphatic carbocycles. The first kappa shape index (κ1) is 22.0. The molecule has 8 heteroatoms. The van der Waals surface area contributed by atoms with E-state index in [4.69, 9.17) is 0 Å². The van der Waals surface area contributed by atoms with Crippen LogP contribution in [0.2, 0.25) is 0 Å². The Labute approximate surface area is 184 Å². The molecule has 1 aromatic heterocycles. The lowest BCUT2D eigenvalue weighted by Gasteiger charge is -2.24. The number of benzene rings is 2. The minimum Gasteiger partial charge on any atom is -0.364 e. The number of amides is 1. The number of hydrogen-bond acceptors (Lipinski definition) is 4. The van der Waals surface area contributed by atoms with Crippen LogP contribution in [-0.2, 0) is 16.8 Å². The van der Waals surface area contributed by atoms with Crippen molar-refractivity contribution in [1.29, 1.82) is 0 Å². The van der Waals surface area contributed by atoms with Gasteiger partial charge in [-0.15, -0.1) is 5.10 Å². The quantitative estimate of drug-likeness (QED) is 0.554. The predicted octanol–water partition coefficient (Wildman–Crippen LogP) is 5.66. The molecule has 5 nitrogen and oxygen atoms in total. The van der Waals surface area contributed by atoms with Crippen LogP contribution in [0.3, 0.4) is 0 Å². The van der Waals surface area contributed by atoms with Crippen LogP contribution >= 0.6 is 0 Å². The Morgan fingerprint density at radius 1 is 1.12 bits per heavy atom. The molecule has 1 aliphatic rings. The van der Waals surface area contributed by atoms with Gasteiger partial charge in [0.25, 0.3) is 6.43 Å². The van der Waals surface area contributed by atoms with Gasteiger partial charge in [-0.3, -0.25) is 4.79 Å². The van der Waals surface area contributed by atoms with Crippen LogP contribution in [0.15, 0.2) is 30.3 Å². The molecule has 0 saturated carbocycles. The first-order chi connectivity index (χ1) is 15.0. The molecule has 0 radical (unpaired) electrons. The van der Waals surface area contributed by atoms with Crippen molar-refractivity contribution in [3.05, 3.63) is 58.5 Å². The fourth-order valence-electron chi connectivity index (χ4n) is 4.27. The first-order valence-corrected chi connectivity index (χ1v) is 10.5. The largest absolute Gasteiger partial charge is 0.364 e. The highest BCUT2D eigenvalue weighted by Gasteiger charge is 2.45. The number of alkyl halides is 2. The van der Waals surface area contributed by atoms with E-state index >= 15 is 0 Å². The molecular weight excluding hydrogens is 417 g/mol. The van der Waals surface area contributed by atoms with Gasteiger partial charge in [0.05, 0.1) is 16.7 Å². The van der Waals surface area contributed by atoms with Crippen molar-refractivity contribution < 1.29 is 18.0 Å². The van der Waals surface area contributed by atoms with Crippen LogP contribution in [0.1, 0.15) is 56.5 Å². The average Bonchev–Trinajstić information content (AvgIpc) is 2.92. The number of anilines is 2. The van der Waals surface area contributed by atoms with Gasteiger partial charge in [-0.05, 0) is 52.3 Å². The lowest BCUT2D eigenvalue weighted by molar-refractivity contribution is -0.122. The fourth-order valence-corrected chi connectivity index (χ4v) is 4.27. The Hall–Kier alpha value is -3.16. The number of nitrogens with zero attached hydrogens (tertiary/aromatic N) is 3. The van der Waals surface area contributed by atoms with Gasteiger partial charge in [-0.25, -0.2) is 13.2 Å². The third-order valence-electron chi connectivity index (χ3n) is 6.07. The van der Waals surface area contributed by atoms with Crippen LogP contribution in [0.4, 0.5) is 24.7 Å². The van der Waals surface area contributed by atoms with Gasteiger partial charge in [0, 0.05) is 34.6 Å². The van der Waals surface area contributed by atoms with Crippen LogP contribution in [0, 0.1) is 12.7 Å². The number of aromatic nitrogens is 2. The van der Waals surface area contributed by atoms with Crippen LogP contribution in [0.5, 0.6) is 0 Å². The van der Waals surface area contributed by atoms with E-state index in [0.717, 1.165) is 28.1 Å². The monoisotopic (exact) mass is 442 g/mol. The molecule has 4 rings (SSSR count). The zero-order valence-corrected chi connectivity index (χ0v) is 18.6. The number of nitrogens with one attached hydrogen (secondary N) is 1. The van der Waals surface area contributed by atoms with Crippen LogP contribution in [-0.4, -0.2) is 22.1 Å². The molecule has 1 aliphatic heterocycles. The Bertz CT molecular complexity index is 1220. The molecule has 0 spiro atoms. The minimum absolute atomic E-state index is 0.0248. The molecule has 3 aromatic rings. The summed E-state index contributed by atoms with van der Waals surface area (Å²) < 4.78 is 40.5. The zero-order chi connectivity index (χ0) is 23.4. The maximum absolute atomic E-state index is 14.5. The van der Waals surface area contributed by atoms with E-state index in [0.29, 0.717) is 11.5 Å². The molecule has 0 fully saturated rings. The van der Waals surface area contributed by atoms with Gasteiger partial charge < -0.3 is 10.2 Å². The average molecular weight is 442 g/mol. The maximum Gasteiger partial charge on any atom is 0.266 e. The van der Waals surface area contributed by atoms with Gasteiger partial charge in [0.15, 0.2) is 5.82 Å². The molecule has 0 unspecified atom stereocenters. The van der Waals surface area contributed by atoms with E-state index in [1.807, 2.05) is 46.8 Å². The Balaban J connectivity index is 1.79. The number of carbonyl (C=O) groups excluding carboxylic acids is 1. The number of halogens is 3. The second-order valence-electron chi connectivity index (χ2n) is 8.92. The molecule has 168 valence electrons. The smallest absolute Gasteiger partial charge is 0.266 e. The van der Waals surface area contributed by atoms with Gasteiger partial charge in [-0.1, -0.05) is 18.2 Å². The van der Waals surface area contributed by atoms with E-state index < -0.39 is 23.2 Å². The van der Waals surface area contributed by atoms with E-state index in [-0.39, 0.29) is 24.1 Å². The normalized spacial score (nSPS) is 15.2. The summed E-state index contributed by atoms with van der Waals surface area (Å²) >= 11 is 0. The van der Waals surface area contributed by atoms with Crippen molar-refractivity contribution in [1.82, 2.24) is 10.2 Å². The summed E-state index contributed by atoms with van der Waals surface area (Å²) in [7, 11) is 0. The number of rotatable bonds is 5.